The minimum absolute atomic E-state index is 0.0220. The van der Waals surface area contributed by atoms with E-state index < -0.39 is 11.6 Å². The standard InChI is InChI=1S/C29H36N2O5/c1-18(32)30-24(14-19-8-6-5-7-9-19)28(33)31-13-12-25-20(17-31)15-23-27(35-25)22-11-10-21(34-4)16-26(22)36-29(23,2)3/h5-11,16,20,23-25,27H,12-15,17H2,1-4H3,(H,30,32)/t20-,23+,24+,25+,27-/m1/s1. The van der Waals surface area contributed by atoms with Gasteiger partial charge in [0.05, 0.1) is 19.3 Å². The molecule has 0 aliphatic carbocycles. The first-order valence-electron chi connectivity index (χ1n) is 12.9. The van der Waals surface area contributed by atoms with E-state index in [2.05, 4.69) is 25.2 Å². The van der Waals surface area contributed by atoms with Crippen LogP contribution >= 0.6 is 0 Å². The molecular weight excluding hydrogens is 456 g/mol. The van der Waals surface area contributed by atoms with Crippen LogP contribution in [0, 0.1) is 11.8 Å². The van der Waals surface area contributed by atoms with Gasteiger partial charge in [-0.05, 0) is 44.4 Å². The lowest BCUT2D eigenvalue weighted by Crippen LogP contribution is -2.58. The van der Waals surface area contributed by atoms with Gasteiger partial charge in [0.1, 0.15) is 23.1 Å². The number of rotatable bonds is 5. The van der Waals surface area contributed by atoms with Crippen molar-refractivity contribution in [3.05, 3.63) is 59.7 Å². The highest BCUT2D eigenvalue weighted by Crippen LogP contribution is 2.53. The number of nitrogens with one attached hydrogen (secondary N) is 1. The number of hydrogen-bond donors (Lipinski definition) is 1. The highest BCUT2D eigenvalue weighted by molar-refractivity contribution is 5.87. The summed E-state index contributed by atoms with van der Waals surface area (Å²) in [5.41, 5.74) is 1.69. The number of carbonyl (C=O) groups is 2. The highest BCUT2D eigenvalue weighted by atomic mass is 16.5. The van der Waals surface area contributed by atoms with Gasteiger partial charge in [0, 0.05) is 49.9 Å². The maximum absolute atomic E-state index is 13.6. The third-order valence-electron chi connectivity index (χ3n) is 7.97. The van der Waals surface area contributed by atoms with Crippen molar-refractivity contribution in [1.29, 1.82) is 0 Å². The Bertz CT molecular complexity index is 1120. The SMILES string of the molecule is COc1ccc2c(c1)OC(C)(C)[C@H]1C[C@@H]3CN(C(=O)[C@H](Cc4ccccc4)NC(C)=O)CC[C@@H]3O[C@H]21. The molecule has 0 saturated carbocycles. The topological polar surface area (TPSA) is 77.1 Å². The molecule has 1 N–H and O–H groups in total. The fourth-order valence-corrected chi connectivity index (χ4v) is 6.13. The van der Waals surface area contributed by atoms with Gasteiger partial charge in [0.2, 0.25) is 11.8 Å². The Labute approximate surface area is 213 Å². The van der Waals surface area contributed by atoms with E-state index in [1.807, 2.05) is 47.4 Å². The Morgan fingerprint density at radius 3 is 2.69 bits per heavy atom. The summed E-state index contributed by atoms with van der Waals surface area (Å²) >= 11 is 0. The van der Waals surface area contributed by atoms with Crippen molar-refractivity contribution < 1.29 is 23.8 Å². The second-order valence-corrected chi connectivity index (χ2v) is 10.8. The van der Waals surface area contributed by atoms with Crippen molar-refractivity contribution in [2.75, 3.05) is 20.2 Å². The lowest BCUT2D eigenvalue weighted by molar-refractivity contribution is -0.189. The van der Waals surface area contributed by atoms with Gasteiger partial charge in [-0.15, -0.1) is 0 Å². The van der Waals surface area contributed by atoms with Crippen LogP contribution in [-0.4, -0.2) is 54.7 Å². The van der Waals surface area contributed by atoms with E-state index in [-0.39, 0.29) is 35.9 Å². The van der Waals surface area contributed by atoms with Crippen molar-refractivity contribution in [1.82, 2.24) is 10.2 Å². The fourth-order valence-electron chi connectivity index (χ4n) is 6.13. The summed E-state index contributed by atoms with van der Waals surface area (Å²) in [6.45, 7) is 6.95. The molecule has 192 valence electrons. The monoisotopic (exact) mass is 492 g/mol. The molecule has 3 aliphatic rings. The predicted molar refractivity (Wildman–Crippen MR) is 136 cm³/mol. The van der Waals surface area contributed by atoms with Crippen LogP contribution in [0.4, 0.5) is 0 Å². The van der Waals surface area contributed by atoms with E-state index >= 15 is 0 Å². The van der Waals surface area contributed by atoms with Crippen molar-refractivity contribution in [2.24, 2.45) is 11.8 Å². The summed E-state index contributed by atoms with van der Waals surface area (Å²) < 4.78 is 18.6. The van der Waals surface area contributed by atoms with Gasteiger partial charge in [0.25, 0.3) is 0 Å². The molecule has 36 heavy (non-hydrogen) atoms. The van der Waals surface area contributed by atoms with Crippen LogP contribution in [0.3, 0.4) is 0 Å². The number of amides is 2. The van der Waals surface area contributed by atoms with Gasteiger partial charge in [0.15, 0.2) is 0 Å². The van der Waals surface area contributed by atoms with Crippen LogP contribution < -0.4 is 14.8 Å². The molecule has 0 bridgehead atoms. The lowest BCUT2D eigenvalue weighted by Gasteiger charge is -2.53. The zero-order valence-corrected chi connectivity index (χ0v) is 21.5. The van der Waals surface area contributed by atoms with Crippen LogP contribution in [0.25, 0.3) is 0 Å². The molecule has 3 heterocycles. The van der Waals surface area contributed by atoms with E-state index in [1.54, 1.807) is 7.11 Å². The van der Waals surface area contributed by atoms with Gasteiger partial charge < -0.3 is 24.4 Å². The maximum atomic E-state index is 13.6. The third-order valence-corrected chi connectivity index (χ3v) is 7.97. The average Bonchev–Trinajstić information content (AvgIpc) is 2.86. The molecule has 0 aromatic heterocycles. The first-order chi connectivity index (χ1) is 17.2. The van der Waals surface area contributed by atoms with Crippen molar-refractivity contribution in [2.45, 2.75) is 63.9 Å². The van der Waals surface area contributed by atoms with Crippen LogP contribution in [0.1, 0.15) is 50.8 Å². The quantitative estimate of drug-likeness (QED) is 0.685. The number of piperidine rings is 1. The van der Waals surface area contributed by atoms with Crippen LogP contribution in [0.5, 0.6) is 11.5 Å². The molecule has 5 atom stereocenters. The van der Waals surface area contributed by atoms with E-state index in [0.29, 0.717) is 19.5 Å². The average molecular weight is 493 g/mol. The summed E-state index contributed by atoms with van der Waals surface area (Å²) in [5.74, 6) is 1.77. The van der Waals surface area contributed by atoms with Crippen molar-refractivity contribution in [3.8, 4) is 11.5 Å². The van der Waals surface area contributed by atoms with Gasteiger partial charge in [-0.3, -0.25) is 9.59 Å². The lowest BCUT2D eigenvalue weighted by atomic mass is 9.70. The molecular formula is C29H36N2O5. The summed E-state index contributed by atoms with van der Waals surface area (Å²) in [5, 5.41) is 2.88. The fraction of sp³-hybridized carbons (Fsp3) is 0.517. The molecule has 2 fully saturated rings. The molecule has 0 spiro atoms. The molecule has 0 radical (unpaired) electrons. The number of benzene rings is 2. The minimum Gasteiger partial charge on any atom is -0.497 e. The van der Waals surface area contributed by atoms with E-state index in [0.717, 1.165) is 35.5 Å². The second-order valence-electron chi connectivity index (χ2n) is 10.8. The van der Waals surface area contributed by atoms with Crippen LogP contribution in [-0.2, 0) is 20.7 Å². The van der Waals surface area contributed by atoms with E-state index in [9.17, 15) is 9.59 Å². The number of ether oxygens (including phenoxy) is 3. The third kappa shape index (κ3) is 4.81. The summed E-state index contributed by atoms with van der Waals surface area (Å²) in [6.07, 6.45) is 2.23. The number of methoxy groups -OCH3 is 1. The zero-order valence-electron chi connectivity index (χ0n) is 21.5. The molecule has 5 rings (SSSR count). The Kier molecular flexibility index (Phi) is 6.68. The Morgan fingerprint density at radius 1 is 1.19 bits per heavy atom. The predicted octanol–water partition coefficient (Wildman–Crippen LogP) is 3.91. The summed E-state index contributed by atoms with van der Waals surface area (Å²) in [6, 6.07) is 15.2. The molecule has 3 aliphatic heterocycles. The molecule has 2 amide bonds. The highest BCUT2D eigenvalue weighted by Gasteiger charge is 2.51. The van der Waals surface area contributed by atoms with E-state index in [4.69, 9.17) is 14.2 Å². The Hall–Kier alpha value is -3.06. The van der Waals surface area contributed by atoms with Gasteiger partial charge in [-0.1, -0.05) is 30.3 Å². The molecule has 2 aromatic carbocycles. The largest absolute Gasteiger partial charge is 0.497 e. The molecule has 2 aromatic rings. The zero-order chi connectivity index (χ0) is 25.4. The number of likely N-dealkylation sites (tertiary alicyclic amines) is 1. The van der Waals surface area contributed by atoms with Gasteiger partial charge in [-0.2, -0.15) is 0 Å². The van der Waals surface area contributed by atoms with Crippen LogP contribution in [0.2, 0.25) is 0 Å². The van der Waals surface area contributed by atoms with E-state index in [1.165, 1.54) is 6.92 Å². The number of carbonyl (C=O) groups excluding carboxylic acids is 2. The maximum Gasteiger partial charge on any atom is 0.245 e. The molecule has 2 saturated heterocycles. The minimum atomic E-state index is -0.574. The summed E-state index contributed by atoms with van der Waals surface area (Å²) in [4.78, 5) is 27.4. The number of fused-ring (bicyclic) bond motifs is 4. The van der Waals surface area contributed by atoms with Gasteiger partial charge >= 0.3 is 0 Å². The Morgan fingerprint density at radius 2 is 1.97 bits per heavy atom. The smallest absolute Gasteiger partial charge is 0.245 e. The first-order valence-corrected chi connectivity index (χ1v) is 12.9. The van der Waals surface area contributed by atoms with Crippen molar-refractivity contribution in [3.63, 3.8) is 0 Å². The molecule has 7 nitrogen and oxygen atoms in total. The molecule has 7 heteroatoms. The normalized spacial score (nSPS) is 26.9. The second kappa shape index (κ2) is 9.77. The van der Waals surface area contributed by atoms with Crippen LogP contribution in [0.15, 0.2) is 48.5 Å². The first kappa shape index (κ1) is 24.6. The van der Waals surface area contributed by atoms with Gasteiger partial charge in [-0.25, -0.2) is 0 Å². The summed E-state index contributed by atoms with van der Waals surface area (Å²) in [7, 11) is 1.66. The molecule has 0 unspecified atom stereocenters. The Balaban J connectivity index is 1.32. The number of hydrogen-bond acceptors (Lipinski definition) is 5. The number of nitrogens with zero attached hydrogens (tertiary/aromatic N) is 1. The van der Waals surface area contributed by atoms with Crippen molar-refractivity contribution >= 4 is 11.8 Å².